The summed E-state index contributed by atoms with van der Waals surface area (Å²) in [6, 6.07) is 0.147. The lowest BCUT2D eigenvalue weighted by Gasteiger charge is -2.34. The molecule has 2 aromatic rings. The van der Waals surface area contributed by atoms with Gasteiger partial charge in [-0.05, 0) is 20.3 Å². The zero-order chi connectivity index (χ0) is 21.8. The Morgan fingerprint density at radius 3 is 2.47 bits per heavy atom. The van der Waals surface area contributed by atoms with Gasteiger partial charge in [-0.3, -0.25) is 28.9 Å². The van der Waals surface area contributed by atoms with Gasteiger partial charge in [0.25, 0.3) is 5.56 Å². The average molecular weight is 420 g/mol. The molecule has 0 aromatic carbocycles. The molecular formula is C20H33N7O3. The van der Waals surface area contributed by atoms with Crippen LogP contribution in [0, 0.1) is 0 Å². The number of hydrogen-bond acceptors (Lipinski definition) is 6. The predicted octanol–water partition coefficient (Wildman–Crippen LogP) is -0.134. The summed E-state index contributed by atoms with van der Waals surface area (Å²) in [4.78, 5) is 48.1. The van der Waals surface area contributed by atoms with Crippen LogP contribution in [0.5, 0.6) is 0 Å². The minimum Gasteiger partial charge on any atom is -0.353 e. The standard InChI is InChI=1S/C20H33N7O3/c1-5-6-7-27-18-17(19(29)23-20(27)30)24(4)15(22-18)12-25-8-10-26(11-9-25)13-16(28)21-14(2)3/h14H,5-13H2,1-4H3,(H,21,28)(H,23,29,30). The van der Waals surface area contributed by atoms with Gasteiger partial charge in [-0.2, -0.15) is 0 Å². The third kappa shape index (κ3) is 4.99. The van der Waals surface area contributed by atoms with Gasteiger partial charge in [-0.1, -0.05) is 13.3 Å². The largest absolute Gasteiger partial charge is 0.353 e. The van der Waals surface area contributed by atoms with Crippen molar-refractivity contribution in [2.75, 3.05) is 32.7 Å². The second-order valence-electron chi connectivity index (χ2n) is 8.30. The molecule has 0 spiro atoms. The normalized spacial score (nSPS) is 15.9. The first kappa shape index (κ1) is 22.2. The van der Waals surface area contributed by atoms with Crippen LogP contribution in [0.2, 0.25) is 0 Å². The Bertz CT molecular complexity index is 996. The zero-order valence-electron chi connectivity index (χ0n) is 18.4. The lowest BCUT2D eigenvalue weighted by atomic mass is 10.3. The van der Waals surface area contributed by atoms with Crippen molar-refractivity contribution in [3.05, 3.63) is 26.7 Å². The van der Waals surface area contributed by atoms with Crippen LogP contribution < -0.4 is 16.6 Å². The summed E-state index contributed by atoms with van der Waals surface area (Å²) in [6.07, 6.45) is 1.80. The SMILES string of the molecule is CCCCn1c(=O)[nH]c(=O)c2c1nc(CN1CCN(CC(=O)NC(C)C)CC1)n2C. The second-order valence-corrected chi connectivity index (χ2v) is 8.30. The van der Waals surface area contributed by atoms with Crippen molar-refractivity contribution in [1.82, 2.24) is 34.2 Å². The highest BCUT2D eigenvalue weighted by atomic mass is 16.2. The molecule has 0 atom stereocenters. The first-order chi connectivity index (χ1) is 14.3. The van der Waals surface area contributed by atoms with E-state index in [2.05, 4.69) is 32.0 Å². The van der Waals surface area contributed by atoms with Crippen LogP contribution in [0.3, 0.4) is 0 Å². The number of H-pyrrole nitrogens is 1. The Kier molecular flexibility index (Phi) is 7.09. The topological polar surface area (TPSA) is 108 Å². The monoisotopic (exact) mass is 419 g/mol. The van der Waals surface area contributed by atoms with Gasteiger partial charge in [0.05, 0.1) is 13.1 Å². The number of aromatic amines is 1. The van der Waals surface area contributed by atoms with E-state index in [-0.39, 0.29) is 11.9 Å². The highest BCUT2D eigenvalue weighted by Crippen LogP contribution is 2.13. The number of rotatable bonds is 8. The van der Waals surface area contributed by atoms with E-state index in [1.54, 1.807) is 9.13 Å². The second kappa shape index (κ2) is 9.57. The van der Waals surface area contributed by atoms with E-state index in [1.165, 1.54) is 0 Å². The number of hydrogen-bond donors (Lipinski definition) is 2. The van der Waals surface area contributed by atoms with Crippen molar-refractivity contribution in [1.29, 1.82) is 0 Å². The molecule has 2 aromatic heterocycles. The number of nitrogens with zero attached hydrogens (tertiary/aromatic N) is 5. The van der Waals surface area contributed by atoms with Crippen LogP contribution in [0.4, 0.5) is 0 Å². The Morgan fingerprint density at radius 2 is 1.83 bits per heavy atom. The molecule has 0 bridgehead atoms. The molecule has 3 rings (SSSR count). The van der Waals surface area contributed by atoms with Crippen molar-refractivity contribution in [2.45, 2.75) is 52.7 Å². The predicted molar refractivity (Wildman–Crippen MR) is 115 cm³/mol. The number of amides is 1. The molecule has 10 nitrogen and oxygen atoms in total. The quantitative estimate of drug-likeness (QED) is 0.617. The summed E-state index contributed by atoms with van der Waals surface area (Å²) < 4.78 is 3.35. The maximum absolute atomic E-state index is 12.4. The van der Waals surface area contributed by atoms with E-state index in [0.29, 0.717) is 30.8 Å². The summed E-state index contributed by atoms with van der Waals surface area (Å²) in [5, 5.41) is 2.93. The molecule has 1 aliphatic rings. The van der Waals surface area contributed by atoms with Crippen LogP contribution in [-0.2, 0) is 24.9 Å². The molecule has 0 radical (unpaired) electrons. The summed E-state index contributed by atoms with van der Waals surface area (Å²) in [6.45, 7) is 10.8. The molecule has 10 heteroatoms. The van der Waals surface area contributed by atoms with Crippen LogP contribution in [0.1, 0.15) is 39.4 Å². The molecule has 0 unspecified atom stereocenters. The van der Waals surface area contributed by atoms with Crippen molar-refractivity contribution < 1.29 is 4.79 Å². The van der Waals surface area contributed by atoms with Crippen LogP contribution >= 0.6 is 0 Å². The fourth-order valence-electron chi connectivity index (χ4n) is 3.83. The summed E-state index contributed by atoms with van der Waals surface area (Å²) in [7, 11) is 1.82. The number of aromatic nitrogens is 4. The molecule has 0 saturated carbocycles. The van der Waals surface area contributed by atoms with Gasteiger partial charge in [0.15, 0.2) is 11.2 Å². The van der Waals surface area contributed by atoms with E-state index < -0.39 is 11.2 Å². The van der Waals surface area contributed by atoms with Crippen LogP contribution in [0.25, 0.3) is 11.2 Å². The number of fused-ring (bicyclic) bond motifs is 1. The number of carbonyl (C=O) groups excluding carboxylic acids is 1. The molecule has 0 aliphatic carbocycles. The van der Waals surface area contributed by atoms with Gasteiger partial charge in [-0.25, -0.2) is 9.78 Å². The van der Waals surface area contributed by atoms with Gasteiger partial charge in [-0.15, -0.1) is 0 Å². The minimum atomic E-state index is -0.404. The maximum atomic E-state index is 12.4. The molecular weight excluding hydrogens is 386 g/mol. The fourth-order valence-corrected chi connectivity index (χ4v) is 3.83. The van der Waals surface area contributed by atoms with E-state index in [0.717, 1.165) is 44.8 Å². The molecule has 1 fully saturated rings. The van der Waals surface area contributed by atoms with Crippen LogP contribution in [0.15, 0.2) is 9.59 Å². The van der Waals surface area contributed by atoms with Crippen molar-refractivity contribution >= 4 is 17.1 Å². The van der Waals surface area contributed by atoms with Gasteiger partial charge >= 0.3 is 5.69 Å². The van der Waals surface area contributed by atoms with Crippen molar-refractivity contribution in [3.63, 3.8) is 0 Å². The molecule has 1 saturated heterocycles. The molecule has 3 heterocycles. The Hall–Kier alpha value is -2.46. The number of carbonyl (C=O) groups is 1. The first-order valence-electron chi connectivity index (χ1n) is 10.7. The fraction of sp³-hybridized carbons (Fsp3) is 0.700. The smallest absolute Gasteiger partial charge is 0.330 e. The molecule has 166 valence electrons. The molecule has 30 heavy (non-hydrogen) atoms. The maximum Gasteiger partial charge on any atom is 0.330 e. The third-order valence-corrected chi connectivity index (χ3v) is 5.49. The summed E-state index contributed by atoms with van der Waals surface area (Å²) >= 11 is 0. The molecule has 1 amide bonds. The molecule has 2 N–H and O–H groups in total. The Labute approximate surface area is 175 Å². The zero-order valence-corrected chi connectivity index (χ0v) is 18.4. The van der Waals surface area contributed by atoms with E-state index in [4.69, 9.17) is 0 Å². The van der Waals surface area contributed by atoms with E-state index in [1.807, 2.05) is 20.9 Å². The van der Waals surface area contributed by atoms with Gasteiger partial charge in [0.2, 0.25) is 5.91 Å². The average Bonchev–Trinajstić information content (AvgIpc) is 2.99. The summed E-state index contributed by atoms with van der Waals surface area (Å²) in [5.41, 5.74) is 0.0901. The summed E-state index contributed by atoms with van der Waals surface area (Å²) in [5.74, 6) is 0.815. The van der Waals surface area contributed by atoms with Crippen molar-refractivity contribution in [2.24, 2.45) is 7.05 Å². The van der Waals surface area contributed by atoms with Crippen LogP contribution in [-0.4, -0.2) is 73.6 Å². The van der Waals surface area contributed by atoms with E-state index in [9.17, 15) is 14.4 Å². The number of aryl methyl sites for hydroxylation is 2. The Morgan fingerprint density at radius 1 is 1.17 bits per heavy atom. The van der Waals surface area contributed by atoms with E-state index >= 15 is 0 Å². The lowest BCUT2D eigenvalue weighted by Crippen LogP contribution is -2.49. The van der Waals surface area contributed by atoms with Gasteiger partial charge in [0.1, 0.15) is 5.82 Å². The van der Waals surface area contributed by atoms with Gasteiger partial charge < -0.3 is 9.88 Å². The molecule has 1 aliphatic heterocycles. The Balaban J connectivity index is 1.71. The van der Waals surface area contributed by atoms with Crippen molar-refractivity contribution in [3.8, 4) is 0 Å². The minimum absolute atomic E-state index is 0.0538. The first-order valence-corrected chi connectivity index (χ1v) is 10.7. The van der Waals surface area contributed by atoms with Gasteiger partial charge in [0, 0.05) is 45.8 Å². The number of piperazine rings is 1. The number of unbranched alkanes of at least 4 members (excludes halogenated alkanes) is 1. The number of imidazole rings is 1. The number of nitrogens with one attached hydrogen (secondary N) is 2. The lowest BCUT2D eigenvalue weighted by molar-refractivity contribution is -0.123. The third-order valence-electron chi connectivity index (χ3n) is 5.49. The highest BCUT2D eigenvalue weighted by Gasteiger charge is 2.22. The highest BCUT2D eigenvalue weighted by molar-refractivity contribution is 5.78.